The molecule has 0 aliphatic rings. The van der Waals surface area contributed by atoms with Gasteiger partial charge in [0.25, 0.3) is 0 Å². The summed E-state index contributed by atoms with van der Waals surface area (Å²) in [5, 5.41) is 2.35. The molecule has 1 heterocycles. The SMILES string of the molecule is Brc1ccc2c(c1)oc1ccccc12. The lowest BCUT2D eigenvalue weighted by Crippen LogP contribution is -1.65. The molecule has 0 bridgehead atoms. The zero-order valence-electron chi connectivity index (χ0n) is 7.33. The molecule has 0 aliphatic heterocycles. The number of rotatable bonds is 0. The smallest absolute Gasteiger partial charge is 0.136 e. The first-order valence-electron chi connectivity index (χ1n) is 4.41. The first kappa shape index (κ1) is 8.06. The predicted molar refractivity (Wildman–Crippen MR) is 61.4 cm³/mol. The van der Waals surface area contributed by atoms with E-state index in [4.69, 9.17) is 4.42 Å². The van der Waals surface area contributed by atoms with Gasteiger partial charge in [-0.1, -0.05) is 34.1 Å². The van der Waals surface area contributed by atoms with Crippen LogP contribution in [0.5, 0.6) is 0 Å². The van der Waals surface area contributed by atoms with E-state index in [1.165, 1.54) is 10.8 Å². The average Bonchev–Trinajstić information content (AvgIpc) is 2.54. The summed E-state index contributed by atoms with van der Waals surface area (Å²) in [4.78, 5) is 0. The maximum atomic E-state index is 5.70. The third-order valence-corrected chi connectivity index (χ3v) is 2.83. The summed E-state index contributed by atoms with van der Waals surface area (Å²) in [6.07, 6.45) is 0. The van der Waals surface area contributed by atoms with E-state index in [-0.39, 0.29) is 0 Å². The van der Waals surface area contributed by atoms with Gasteiger partial charge in [0.1, 0.15) is 11.2 Å². The Morgan fingerprint density at radius 3 is 2.57 bits per heavy atom. The molecule has 3 rings (SSSR count). The molecule has 0 aliphatic carbocycles. The van der Waals surface area contributed by atoms with Crippen LogP contribution in [-0.4, -0.2) is 0 Å². The van der Waals surface area contributed by atoms with Crippen molar-refractivity contribution in [3.05, 3.63) is 46.9 Å². The molecule has 0 saturated heterocycles. The zero-order chi connectivity index (χ0) is 9.54. The Bertz CT molecular complexity index is 610. The number of hydrogen-bond donors (Lipinski definition) is 0. The fourth-order valence-electron chi connectivity index (χ4n) is 1.70. The van der Waals surface area contributed by atoms with Crippen molar-refractivity contribution in [2.24, 2.45) is 0 Å². The van der Waals surface area contributed by atoms with E-state index in [2.05, 4.69) is 28.1 Å². The Balaban J connectivity index is 2.57. The van der Waals surface area contributed by atoms with E-state index in [1.807, 2.05) is 30.3 Å². The lowest BCUT2D eigenvalue weighted by molar-refractivity contribution is 0.668. The Labute approximate surface area is 89.5 Å². The van der Waals surface area contributed by atoms with Crippen molar-refractivity contribution in [2.45, 2.75) is 0 Å². The second-order valence-electron chi connectivity index (χ2n) is 3.24. The highest BCUT2D eigenvalue weighted by Crippen LogP contribution is 2.30. The van der Waals surface area contributed by atoms with Crippen molar-refractivity contribution in [1.29, 1.82) is 0 Å². The second-order valence-corrected chi connectivity index (χ2v) is 4.15. The van der Waals surface area contributed by atoms with Gasteiger partial charge in [0, 0.05) is 15.2 Å². The summed E-state index contributed by atoms with van der Waals surface area (Å²) in [6.45, 7) is 0. The van der Waals surface area contributed by atoms with Crippen molar-refractivity contribution in [3.8, 4) is 0 Å². The van der Waals surface area contributed by atoms with Crippen LogP contribution < -0.4 is 0 Å². The third kappa shape index (κ3) is 1.07. The molecule has 3 aromatic rings. The van der Waals surface area contributed by atoms with Crippen LogP contribution in [0.25, 0.3) is 21.9 Å². The van der Waals surface area contributed by atoms with Crippen molar-refractivity contribution < 1.29 is 4.42 Å². The molecule has 0 atom stereocenters. The topological polar surface area (TPSA) is 13.1 Å². The Morgan fingerprint density at radius 2 is 1.64 bits per heavy atom. The molecule has 0 fully saturated rings. The molecular formula is C12H7BrO. The lowest BCUT2D eigenvalue weighted by Gasteiger charge is -1.89. The highest BCUT2D eigenvalue weighted by Gasteiger charge is 2.05. The van der Waals surface area contributed by atoms with Gasteiger partial charge in [-0.3, -0.25) is 0 Å². The summed E-state index contributed by atoms with van der Waals surface area (Å²) < 4.78 is 6.75. The summed E-state index contributed by atoms with van der Waals surface area (Å²) >= 11 is 3.43. The number of hydrogen-bond acceptors (Lipinski definition) is 1. The van der Waals surface area contributed by atoms with Crippen LogP contribution in [0, 0.1) is 0 Å². The molecule has 2 aromatic carbocycles. The van der Waals surface area contributed by atoms with E-state index in [0.29, 0.717) is 0 Å². The molecule has 0 spiro atoms. The van der Waals surface area contributed by atoms with Gasteiger partial charge < -0.3 is 4.42 Å². The predicted octanol–water partition coefficient (Wildman–Crippen LogP) is 4.35. The van der Waals surface area contributed by atoms with Crippen LogP contribution in [0.4, 0.5) is 0 Å². The number of para-hydroxylation sites is 1. The quantitative estimate of drug-likeness (QED) is 0.575. The van der Waals surface area contributed by atoms with E-state index in [1.54, 1.807) is 0 Å². The standard InChI is InChI=1S/C12H7BrO/c13-8-5-6-10-9-3-1-2-4-11(9)14-12(10)7-8/h1-7H. The minimum Gasteiger partial charge on any atom is -0.456 e. The largest absolute Gasteiger partial charge is 0.456 e. The molecule has 0 unspecified atom stereocenters. The highest BCUT2D eigenvalue weighted by atomic mass is 79.9. The summed E-state index contributed by atoms with van der Waals surface area (Å²) in [5.41, 5.74) is 1.88. The summed E-state index contributed by atoms with van der Waals surface area (Å²) in [7, 11) is 0. The monoisotopic (exact) mass is 246 g/mol. The normalized spacial score (nSPS) is 11.2. The van der Waals surface area contributed by atoms with Gasteiger partial charge in [-0.05, 0) is 24.3 Å². The highest BCUT2D eigenvalue weighted by molar-refractivity contribution is 9.10. The molecule has 68 valence electrons. The van der Waals surface area contributed by atoms with Gasteiger partial charge in [-0.15, -0.1) is 0 Å². The maximum absolute atomic E-state index is 5.70. The number of fused-ring (bicyclic) bond motifs is 3. The van der Waals surface area contributed by atoms with E-state index in [9.17, 15) is 0 Å². The second kappa shape index (κ2) is 2.85. The molecular weight excluding hydrogens is 240 g/mol. The molecule has 14 heavy (non-hydrogen) atoms. The molecule has 0 radical (unpaired) electrons. The van der Waals surface area contributed by atoms with Crippen molar-refractivity contribution in [2.75, 3.05) is 0 Å². The zero-order valence-corrected chi connectivity index (χ0v) is 8.91. The first-order valence-corrected chi connectivity index (χ1v) is 5.21. The minimum atomic E-state index is 0.931. The van der Waals surface area contributed by atoms with Crippen molar-refractivity contribution in [1.82, 2.24) is 0 Å². The minimum absolute atomic E-state index is 0.931. The van der Waals surface area contributed by atoms with Gasteiger partial charge in [0.05, 0.1) is 0 Å². The average molecular weight is 247 g/mol. The first-order chi connectivity index (χ1) is 6.84. The van der Waals surface area contributed by atoms with Crippen LogP contribution in [0.3, 0.4) is 0 Å². The van der Waals surface area contributed by atoms with E-state index < -0.39 is 0 Å². The van der Waals surface area contributed by atoms with Crippen LogP contribution in [0.15, 0.2) is 51.4 Å². The van der Waals surface area contributed by atoms with Crippen molar-refractivity contribution in [3.63, 3.8) is 0 Å². The Morgan fingerprint density at radius 1 is 0.857 bits per heavy atom. The number of furan rings is 1. The van der Waals surface area contributed by atoms with Gasteiger partial charge in [-0.2, -0.15) is 0 Å². The molecule has 1 nitrogen and oxygen atoms in total. The van der Waals surface area contributed by atoms with Gasteiger partial charge in [0.15, 0.2) is 0 Å². The fourth-order valence-corrected chi connectivity index (χ4v) is 2.04. The molecule has 0 N–H and O–H groups in total. The van der Waals surface area contributed by atoms with Crippen molar-refractivity contribution >= 4 is 37.9 Å². The summed E-state index contributed by atoms with van der Waals surface area (Å²) in [6, 6.07) is 14.2. The molecule has 2 heteroatoms. The fraction of sp³-hybridized carbons (Fsp3) is 0. The van der Waals surface area contributed by atoms with Crippen LogP contribution in [0.2, 0.25) is 0 Å². The van der Waals surface area contributed by atoms with E-state index >= 15 is 0 Å². The number of benzene rings is 2. The van der Waals surface area contributed by atoms with Crippen LogP contribution in [-0.2, 0) is 0 Å². The molecule has 0 saturated carbocycles. The van der Waals surface area contributed by atoms with Gasteiger partial charge in [0.2, 0.25) is 0 Å². The molecule has 1 aromatic heterocycles. The Hall–Kier alpha value is -1.28. The number of halogens is 1. The maximum Gasteiger partial charge on any atom is 0.136 e. The lowest BCUT2D eigenvalue weighted by atomic mass is 10.2. The van der Waals surface area contributed by atoms with E-state index in [0.717, 1.165) is 15.6 Å². The molecule has 0 amide bonds. The van der Waals surface area contributed by atoms with Gasteiger partial charge in [-0.25, -0.2) is 0 Å². The Kier molecular flexibility index (Phi) is 1.64. The van der Waals surface area contributed by atoms with Crippen LogP contribution in [0.1, 0.15) is 0 Å². The van der Waals surface area contributed by atoms with Gasteiger partial charge >= 0.3 is 0 Å². The van der Waals surface area contributed by atoms with Crippen LogP contribution >= 0.6 is 15.9 Å². The summed E-state index contributed by atoms with van der Waals surface area (Å²) in [5.74, 6) is 0. The third-order valence-electron chi connectivity index (χ3n) is 2.34.